The van der Waals surface area contributed by atoms with Gasteiger partial charge in [-0.1, -0.05) is 0 Å². The molecule has 0 aliphatic carbocycles. The van der Waals surface area contributed by atoms with E-state index < -0.39 is 0 Å². The fourth-order valence-electron chi connectivity index (χ4n) is 3.27. The smallest absolute Gasteiger partial charge is 0.122 e. The van der Waals surface area contributed by atoms with Crippen LogP contribution in [-0.4, -0.2) is 42.9 Å². The molecule has 0 amide bonds. The van der Waals surface area contributed by atoms with E-state index in [4.69, 9.17) is 4.74 Å². The first-order chi connectivity index (χ1) is 6.29. The minimum Gasteiger partial charge on any atom is -0.359 e. The molecule has 1 spiro atoms. The van der Waals surface area contributed by atoms with Crippen LogP contribution in [0.25, 0.3) is 0 Å². The van der Waals surface area contributed by atoms with E-state index in [0.717, 1.165) is 25.2 Å². The zero-order chi connectivity index (χ0) is 8.89. The first kappa shape index (κ1) is 8.21. The summed E-state index contributed by atoms with van der Waals surface area (Å²) in [6, 6.07) is 1.54. The number of rotatable bonds is 0. The summed E-state index contributed by atoms with van der Waals surface area (Å²) >= 11 is 0. The highest BCUT2D eigenvalue weighted by Crippen LogP contribution is 2.41. The van der Waals surface area contributed by atoms with Crippen molar-refractivity contribution < 1.29 is 4.74 Å². The molecule has 3 aliphatic rings. The van der Waals surface area contributed by atoms with Crippen LogP contribution in [0.5, 0.6) is 0 Å². The van der Waals surface area contributed by atoms with Crippen LogP contribution in [0.2, 0.25) is 0 Å². The van der Waals surface area contributed by atoms with E-state index in [2.05, 4.69) is 17.3 Å². The predicted molar refractivity (Wildman–Crippen MR) is 50.5 cm³/mol. The van der Waals surface area contributed by atoms with Crippen molar-refractivity contribution in [3.05, 3.63) is 0 Å². The van der Waals surface area contributed by atoms with Gasteiger partial charge in [0.1, 0.15) is 5.72 Å². The number of ether oxygens (including phenoxy) is 1. The van der Waals surface area contributed by atoms with Gasteiger partial charge in [-0.25, -0.2) is 0 Å². The molecule has 0 aromatic rings. The second kappa shape index (κ2) is 2.69. The van der Waals surface area contributed by atoms with Gasteiger partial charge >= 0.3 is 0 Å². The van der Waals surface area contributed by atoms with Crippen molar-refractivity contribution in [2.45, 2.75) is 43.5 Å². The predicted octanol–water partition coefficient (Wildman–Crippen LogP) is 0.559. The van der Waals surface area contributed by atoms with Crippen LogP contribution in [0.4, 0.5) is 0 Å². The quantitative estimate of drug-likeness (QED) is 0.592. The Labute approximate surface area is 79.4 Å². The van der Waals surface area contributed by atoms with Gasteiger partial charge in [0.2, 0.25) is 0 Å². The summed E-state index contributed by atoms with van der Waals surface area (Å²) in [6.07, 6.45) is 5.13. The van der Waals surface area contributed by atoms with Gasteiger partial charge in [-0.05, 0) is 19.9 Å². The molecular weight excluding hydrogens is 164 g/mol. The molecule has 2 bridgehead atoms. The average molecular weight is 182 g/mol. The van der Waals surface area contributed by atoms with E-state index in [1.54, 1.807) is 0 Å². The molecule has 3 aliphatic heterocycles. The zero-order valence-corrected chi connectivity index (χ0v) is 8.25. The molecule has 0 saturated carbocycles. The van der Waals surface area contributed by atoms with Crippen molar-refractivity contribution in [1.82, 2.24) is 10.2 Å². The molecule has 1 N–H and O–H groups in total. The van der Waals surface area contributed by atoms with Crippen LogP contribution in [0.15, 0.2) is 0 Å². The lowest BCUT2D eigenvalue weighted by atomic mass is 9.94. The first-order valence-corrected chi connectivity index (χ1v) is 5.40. The van der Waals surface area contributed by atoms with Gasteiger partial charge in [-0.2, -0.15) is 0 Å². The second-order valence-electron chi connectivity index (χ2n) is 4.73. The number of hydrogen-bond acceptors (Lipinski definition) is 3. The Balaban J connectivity index is 1.82. The average Bonchev–Trinajstić information content (AvgIpc) is 2.60. The molecule has 3 rings (SSSR count). The Hall–Kier alpha value is -0.120. The molecule has 0 radical (unpaired) electrons. The van der Waals surface area contributed by atoms with Gasteiger partial charge in [-0.3, -0.25) is 5.32 Å². The maximum atomic E-state index is 5.87. The Morgan fingerprint density at radius 1 is 1.31 bits per heavy atom. The minimum atomic E-state index is 0.0678. The standard InChI is InChI=1S/C10H18N2O/c1-12-8-2-3-9(12)7-10(6-8)11-4-5-13-10/h8-9,11H,2-7H2,1H3. The molecule has 13 heavy (non-hydrogen) atoms. The minimum absolute atomic E-state index is 0.0678. The van der Waals surface area contributed by atoms with Gasteiger partial charge in [0.15, 0.2) is 0 Å². The van der Waals surface area contributed by atoms with Gasteiger partial charge in [0.05, 0.1) is 6.61 Å². The Morgan fingerprint density at radius 3 is 2.54 bits per heavy atom. The Morgan fingerprint density at radius 2 is 2.00 bits per heavy atom. The largest absolute Gasteiger partial charge is 0.359 e. The third-order valence-electron chi connectivity index (χ3n) is 4.04. The maximum absolute atomic E-state index is 5.87. The third kappa shape index (κ3) is 1.14. The SMILES string of the molecule is CN1C2CCC1CC1(C2)NCCO1. The van der Waals surface area contributed by atoms with Crippen molar-refractivity contribution in [3.63, 3.8) is 0 Å². The summed E-state index contributed by atoms with van der Waals surface area (Å²) in [5, 5.41) is 3.54. The molecule has 74 valence electrons. The highest BCUT2D eigenvalue weighted by atomic mass is 16.5. The fourth-order valence-corrected chi connectivity index (χ4v) is 3.27. The van der Waals surface area contributed by atoms with Crippen LogP contribution in [0.1, 0.15) is 25.7 Å². The molecule has 3 heteroatoms. The maximum Gasteiger partial charge on any atom is 0.122 e. The number of piperidine rings is 1. The van der Waals surface area contributed by atoms with Crippen molar-refractivity contribution in [2.75, 3.05) is 20.2 Å². The monoisotopic (exact) mass is 182 g/mol. The summed E-state index contributed by atoms with van der Waals surface area (Å²) in [5.41, 5.74) is 0.0678. The summed E-state index contributed by atoms with van der Waals surface area (Å²) in [6.45, 7) is 1.95. The fraction of sp³-hybridized carbons (Fsp3) is 1.00. The molecule has 2 atom stereocenters. The first-order valence-electron chi connectivity index (χ1n) is 5.40. The highest BCUT2D eigenvalue weighted by molar-refractivity contribution is 5.01. The normalized spacial score (nSPS) is 50.5. The van der Waals surface area contributed by atoms with E-state index in [1.165, 1.54) is 25.7 Å². The van der Waals surface area contributed by atoms with Crippen molar-refractivity contribution in [2.24, 2.45) is 0 Å². The van der Waals surface area contributed by atoms with Crippen LogP contribution in [0.3, 0.4) is 0 Å². The van der Waals surface area contributed by atoms with E-state index >= 15 is 0 Å². The lowest BCUT2D eigenvalue weighted by Gasteiger charge is -2.42. The van der Waals surface area contributed by atoms with Crippen LogP contribution in [0, 0.1) is 0 Å². The molecule has 0 aromatic carbocycles. The zero-order valence-electron chi connectivity index (χ0n) is 8.25. The van der Waals surface area contributed by atoms with Gasteiger partial charge in [0, 0.05) is 31.5 Å². The topological polar surface area (TPSA) is 24.5 Å². The summed E-state index contributed by atoms with van der Waals surface area (Å²) in [7, 11) is 2.27. The highest BCUT2D eigenvalue weighted by Gasteiger charge is 2.48. The molecule has 3 nitrogen and oxygen atoms in total. The second-order valence-corrected chi connectivity index (χ2v) is 4.73. The summed E-state index contributed by atoms with van der Waals surface area (Å²) < 4.78 is 5.87. The summed E-state index contributed by atoms with van der Waals surface area (Å²) in [4.78, 5) is 2.55. The molecule has 3 saturated heterocycles. The van der Waals surface area contributed by atoms with Crippen molar-refractivity contribution in [1.29, 1.82) is 0 Å². The van der Waals surface area contributed by atoms with Gasteiger partial charge in [-0.15, -0.1) is 0 Å². The Kier molecular flexibility index (Phi) is 1.70. The number of fused-ring (bicyclic) bond motifs is 2. The van der Waals surface area contributed by atoms with Crippen LogP contribution < -0.4 is 5.32 Å². The van der Waals surface area contributed by atoms with E-state index in [9.17, 15) is 0 Å². The Bertz CT molecular complexity index is 197. The van der Waals surface area contributed by atoms with Gasteiger partial charge < -0.3 is 9.64 Å². The van der Waals surface area contributed by atoms with E-state index in [-0.39, 0.29) is 5.72 Å². The number of nitrogens with one attached hydrogen (secondary N) is 1. The molecule has 3 heterocycles. The lowest BCUT2D eigenvalue weighted by molar-refractivity contribution is -0.0750. The van der Waals surface area contributed by atoms with E-state index in [0.29, 0.717) is 0 Å². The molecule has 2 unspecified atom stereocenters. The van der Waals surface area contributed by atoms with Crippen molar-refractivity contribution >= 4 is 0 Å². The lowest BCUT2D eigenvalue weighted by Crippen LogP contribution is -2.54. The molecule has 3 fully saturated rings. The molecular formula is C10H18N2O. The number of nitrogens with zero attached hydrogens (tertiary/aromatic N) is 1. The number of hydrogen-bond donors (Lipinski definition) is 1. The molecule has 0 aromatic heterocycles. The third-order valence-corrected chi connectivity index (χ3v) is 4.04. The van der Waals surface area contributed by atoms with Crippen LogP contribution >= 0.6 is 0 Å². The van der Waals surface area contributed by atoms with Crippen molar-refractivity contribution in [3.8, 4) is 0 Å². The van der Waals surface area contributed by atoms with Crippen LogP contribution in [-0.2, 0) is 4.74 Å². The summed E-state index contributed by atoms with van der Waals surface area (Å²) in [5.74, 6) is 0. The van der Waals surface area contributed by atoms with E-state index in [1.807, 2.05) is 0 Å². The van der Waals surface area contributed by atoms with Gasteiger partial charge in [0.25, 0.3) is 0 Å².